The normalized spacial score (nSPS) is 11.1. The Hall–Kier alpha value is -1.12. The highest BCUT2D eigenvalue weighted by Crippen LogP contribution is 2.42. The van der Waals surface area contributed by atoms with Gasteiger partial charge in [-0.15, -0.1) is 22.7 Å². The summed E-state index contributed by atoms with van der Waals surface area (Å²) in [4.78, 5) is 1.43. The fraction of sp³-hybridized carbons (Fsp3) is 0.143. The zero-order valence-corrected chi connectivity index (χ0v) is 10.9. The summed E-state index contributed by atoms with van der Waals surface area (Å²) in [5.41, 5.74) is 4.18. The van der Waals surface area contributed by atoms with Gasteiger partial charge < -0.3 is 0 Å². The van der Waals surface area contributed by atoms with Crippen molar-refractivity contribution >= 4 is 32.1 Å². The van der Waals surface area contributed by atoms with Crippen molar-refractivity contribution in [3.8, 4) is 11.1 Å². The molecule has 0 bridgehead atoms. The van der Waals surface area contributed by atoms with Crippen molar-refractivity contribution in [2.75, 3.05) is 0 Å². The molecule has 0 radical (unpaired) electrons. The SMILES string of the molecule is Cc1sc2c(C)csc2c1-c1ccccc1. The number of rotatable bonds is 1. The van der Waals surface area contributed by atoms with Crippen molar-refractivity contribution in [2.24, 2.45) is 0 Å². The standard InChI is InChI=1S/C14H12S2/c1-9-8-15-14-12(10(2)16-13(9)14)11-6-4-3-5-7-11/h3-8H,1-2H3. The van der Waals surface area contributed by atoms with Crippen molar-refractivity contribution in [3.05, 3.63) is 46.2 Å². The molecule has 0 aliphatic heterocycles. The zero-order chi connectivity index (χ0) is 11.1. The molecule has 0 fully saturated rings. The van der Waals surface area contributed by atoms with Crippen LogP contribution in [0.15, 0.2) is 35.7 Å². The van der Waals surface area contributed by atoms with Gasteiger partial charge in [0.1, 0.15) is 0 Å². The van der Waals surface area contributed by atoms with Crippen LogP contribution in [0.1, 0.15) is 10.4 Å². The minimum absolute atomic E-state index is 1.34. The lowest BCUT2D eigenvalue weighted by molar-refractivity contribution is 1.60. The van der Waals surface area contributed by atoms with E-state index in [1.54, 1.807) is 0 Å². The number of thiophene rings is 2. The van der Waals surface area contributed by atoms with Gasteiger partial charge in [-0.25, -0.2) is 0 Å². The molecule has 0 unspecified atom stereocenters. The monoisotopic (exact) mass is 244 g/mol. The van der Waals surface area contributed by atoms with Gasteiger partial charge in [0, 0.05) is 15.1 Å². The van der Waals surface area contributed by atoms with Crippen LogP contribution >= 0.6 is 22.7 Å². The summed E-state index contributed by atoms with van der Waals surface area (Å²) < 4.78 is 2.91. The summed E-state index contributed by atoms with van der Waals surface area (Å²) in [6, 6.07) is 10.7. The van der Waals surface area contributed by atoms with Crippen LogP contribution in [0.3, 0.4) is 0 Å². The fourth-order valence-electron chi connectivity index (χ4n) is 2.04. The predicted molar refractivity (Wildman–Crippen MR) is 74.6 cm³/mol. The third-order valence-corrected chi connectivity index (χ3v) is 5.30. The molecule has 0 nitrogen and oxygen atoms in total. The summed E-state index contributed by atoms with van der Waals surface area (Å²) in [5.74, 6) is 0. The molecule has 0 spiro atoms. The summed E-state index contributed by atoms with van der Waals surface area (Å²) in [5, 5.41) is 2.26. The Labute approximate surface area is 103 Å². The first kappa shape index (κ1) is 10.1. The molecule has 2 heteroatoms. The quantitative estimate of drug-likeness (QED) is 0.548. The molecule has 3 rings (SSSR count). The molecule has 2 heterocycles. The average Bonchev–Trinajstić information content (AvgIpc) is 2.80. The maximum atomic E-state index is 2.26. The second kappa shape index (κ2) is 3.72. The van der Waals surface area contributed by atoms with E-state index in [0.29, 0.717) is 0 Å². The topological polar surface area (TPSA) is 0 Å². The highest BCUT2D eigenvalue weighted by Gasteiger charge is 2.13. The molecule has 16 heavy (non-hydrogen) atoms. The van der Waals surface area contributed by atoms with E-state index in [2.05, 4.69) is 49.6 Å². The number of hydrogen-bond acceptors (Lipinski definition) is 2. The van der Waals surface area contributed by atoms with Crippen molar-refractivity contribution < 1.29 is 0 Å². The molecule has 0 atom stereocenters. The molecule has 0 amide bonds. The van der Waals surface area contributed by atoms with Gasteiger partial charge in [-0.3, -0.25) is 0 Å². The van der Waals surface area contributed by atoms with Crippen LogP contribution in [-0.4, -0.2) is 0 Å². The van der Waals surface area contributed by atoms with Gasteiger partial charge in [-0.1, -0.05) is 30.3 Å². The van der Waals surface area contributed by atoms with Gasteiger partial charge in [-0.05, 0) is 30.4 Å². The van der Waals surface area contributed by atoms with Crippen LogP contribution in [0.4, 0.5) is 0 Å². The third kappa shape index (κ3) is 1.41. The Balaban J connectivity index is 2.35. The molecule has 0 saturated carbocycles. The Morgan fingerprint density at radius 3 is 2.44 bits per heavy atom. The smallest absolute Gasteiger partial charge is 0.0534 e. The highest BCUT2D eigenvalue weighted by molar-refractivity contribution is 7.28. The summed E-state index contributed by atoms with van der Waals surface area (Å²) >= 11 is 3.78. The lowest BCUT2D eigenvalue weighted by atomic mass is 10.1. The van der Waals surface area contributed by atoms with E-state index in [-0.39, 0.29) is 0 Å². The minimum Gasteiger partial charge on any atom is -0.142 e. The predicted octanol–water partition coefficient (Wildman–Crippen LogP) is 5.25. The van der Waals surface area contributed by atoms with E-state index < -0.39 is 0 Å². The van der Waals surface area contributed by atoms with E-state index in [1.165, 1.54) is 31.0 Å². The number of aryl methyl sites for hydroxylation is 2. The molecule has 2 aromatic heterocycles. The molecule has 3 aromatic rings. The second-order valence-electron chi connectivity index (χ2n) is 3.98. The Kier molecular flexibility index (Phi) is 2.34. The number of benzene rings is 1. The van der Waals surface area contributed by atoms with Gasteiger partial charge in [0.05, 0.1) is 4.70 Å². The number of fused-ring (bicyclic) bond motifs is 1. The Bertz CT molecular complexity index is 629. The first-order valence-electron chi connectivity index (χ1n) is 5.30. The van der Waals surface area contributed by atoms with Crippen LogP contribution in [0.25, 0.3) is 20.5 Å². The van der Waals surface area contributed by atoms with Gasteiger partial charge in [0.15, 0.2) is 0 Å². The van der Waals surface area contributed by atoms with Crippen LogP contribution in [0, 0.1) is 13.8 Å². The molecule has 0 aliphatic carbocycles. The van der Waals surface area contributed by atoms with E-state index in [4.69, 9.17) is 0 Å². The minimum atomic E-state index is 1.34. The maximum Gasteiger partial charge on any atom is 0.0534 e. The lowest BCUT2D eigenvalue weighted by Gasteiger charge is -1.99. The van der Waals surface area contributed by atoms with E-state index in [1.807, 2.05) is 22.7 Å². The summed E-state index contributed by atoms with van der Waals surface area (Å²) in [6.45, 7) is 4.42. The Morgan fingerprint density at radius 2 is 1.69 bits per heavy atom. The van der Waals surface area contributed by atoms with Gasteiger partial charge in [-0.2, -0.15) is 0 Å². The largest absolute Gasteiger partial charge is 0.142 e. The molecule has 0 aliphatic rings. The van der Waals surface area contributed by atoms with Crippen LogP contribution in [0.2, 0.25) is 0 Å². The molecule has 80 valence electrons. The van der Waals surface area contributed by atoms with Gasteiger partial charge >= 0.3 is 0 Å². The highest BCUT2D eigenvalue weighted by atomic mass is 32.1. The lowest BCUT2D eigenvalue weighted by Crippen LogP contribution is -1.74. The second-order valence-corrected chi connectivity index (χ2v) is 6.08. The van der Waals surface area contributed by atoms with E-state index in [0.717, 1.165) is 0 Å². The molecular weight excluding hydrogens is 232 g/mol. The fourth-order valence-corrected chi connectivity index (χ4v) is 4.56. The van der Waals surface area contributed by atoms with E-state index in [9.17, 15) is 0 Å². The molecule has 0 saturated heterocycles. The number of hydrogen-bond donors (Lipinski definition) is 0. The molecule has 0 N–H and O–H groups in total. The van der Waals surface area contributed by atoms with Crippen molar-refractivity contribution in [3.63, 3.8) is 0 Å². The van der Waals surface area contributed by atoms with Gasteiger partial charge in [0.2, 0.25) is 0 Å². The van der Waals surface area contributed by atoms with Gasteiger partial charge in [0.25, 0.3) is 0 Å². The van der Waals surface area contributed by atoms with Crippen LogP contribution in [-0.2, 0) is 0 Å². The average molecular weight is 244 g/mol. The molecular formula is C14H12S2. The third-order valence-electron chi connectivity index (χ3n) is 2.81. The first-order valence-corrected chi connectivity index (χ1v) is 6.99. The van der Waals surface area contributed by atoms with Crippen LogP contribution in [0.5, 0.6) is 0 Å². The summed E-state index contributed by atoms with van der Waals surface area (Å²) in [7, 11) is 0. The molecule has 1 aromatic carbocycles. The Morgan fingerprint density at radius 1 is 0.938 bits per heavy atom. The maximum absolute atomic E-state index is 2.26. The van der Waals surface area contributed by atoms with Crippen molar-refractivity contribution in [1.82, 2.24) is 0 Å². The van der Waals surface area contributed by atoms with Crippen LogP contribution < -0.4 is 0 Å². The first-order chi connectivity index (χ1) is 7.77. The zero-order valence-electron chi connectivity index (χ0n) is 9.28. The summed E-state index contributed by atoms with van der Waals surface area (Å²) in [6.07, 6.45) is 0. The van der Waals surface area contributed by atoms with Crippen molar-refractivity contribution in [2.45, 2.75) is 13.8 Å². The van der Waals surface area contributed by atoms with Crippen molar-refractivity contribution in [1.29, 1.82) is 0 Å². The van der Waals surface area contributed by atoms with E-state index >= 15 is 0 Å².